The Labute approximate surface area is 172 Å². The number of benzene rings is 2. The van der Waals surface area contributed by atoms with Crippen LogP contribution >= 0.6 is 11.3 Å². The van der Waals surface area contributed by atoms with Gasteiger partial charge in [-0.15, -0.1) is 0 Å². The number of rotatable bonds is 6. The average Bonchev–Trinajstić information content (AvgIpc) is 3.17. The molecule has 6 nitrogen and oxygen atoms in total. The lowest BCUT2D eigenvalue weighted by Crippen LogP contribution is -3.14. The Kier molecular flexibility index (Phi) is 6.03. The van der Waals surface area contributed by atoms with Crippen molar-refractivity contribution < 1.29 is 23.6 Å². The minimum Gasteiger partial charge on any atom is -0.497 e. The third-order valence-electron chi connectivity index (χ3n) is 5.04. The minimum atomic E-state index is -0.363. The third kappa shape index (κ3) is 4.55. The topological polar surface area (TPSA) is 56.1 Å². The average molecular weight is 416 g/mol. The molecule has 4 rings (SSSR count). The number of thiazole rings is 1. The fourth-order valence-electron chi connectivity index (χ4n) is 3.35. The quantitative estimate of drug-likeness (QED) is 0.668. The highest BCUT2D eigenvalue weighted by atomic mass is 32.1. The van der Waals surface area contributed by atoms with E-state index in [1.54, 1.807) is 12.0 Å². The number of morpholine rings is 1. The van der Waals surface area contributed by atoms with E-state index in [0.717, 1.165) is 48.8 Å². The lowest BCUT2D eigenvalue weighted by Gasteiger charge is -2.26. The van der Waals surface area contributed by atoms with Crippen LogP contribution in [0, 0.1) is 5.82 Å². The third-order valence-corrected chi connectivity index (χ3v) is 6.10. The number of carbonyl (C=O) groups excluding carboxylic acids is 1. The first-order chi connectivity index (χ1) is 14.1. The van der Waals surface area contributed by atoms with Crippen molar-refractivity contribution in [2.24, 2.45) is 0 Å². The number of carbonyl (C=O) groups is 1. The Hall–Kier alpha value is -2.55. The largest absolute Gasteiger partial charge is 0.497 e. The van der Waals surface area contributed by atoms with E-state index in [9.17, 15) is 9.18 Å². The molecule has 1 aromatic heterocycles. The molecule has 0 bridgehead atoms. The maximum Gasteiger partial charge on any atom is 0.260 e. The van der Waals surface area contributed by atoms with Crippen LogP contribution in [-0.4, -0.2) is 57.4 Å². The van der Waals surface area contributed by atoms with Crippen molar-refractivity contribution in [2.45, 2.75) is 0 Å². The van der Waals surface area contributed by atoms with E-state index in [2.05, 4.69) is 4.98 Å². The predicted molar refractivity (Wildman–Crippen MR) is 111 cm³/mol. The summed E-state index contributed by atoms with van der Waals surface area (Å²) in [6.45, 7) is 4.66. The van der Waals surface area contributed by atoms with Gasteiger partial charge in [0.1, 0.15) is 24.7 Å². The van der Waals surface area contributed by atoms with E-state index in [1.807, 2.05) is 18.2 Å². The number of anilines is 1. The normalized spacial score (nSPS) is 14.8. The van der Waals surface area contributed by atoms with Crippen LogP contribution in [0.15, 0.2) is 42.5 Å². The van der Waals surface area contributed by atoms with Crippen LogP contribution in [0.5, 0.6) is 5.75 Å². The fraction of sp³-hybridized carbons (Fsp3) is 0.333. The molecule has 8 heteroatoms. The molecular weight excluding hydrogens is 393 g/mol. The molecule has 1 N–H and O–H groups in total. The number of aromatic nitrogens is 1. The highest BCUT2D eigenvalue weighted by molar-refractivity contribution is 7.22. The number of ether oxygens (including phenoxy) is 2. The van der Waals surface area contributed by atoms with Gasteiger partial charge < -0.3 is 14.4 Å². The zero-order valence-corrected chi connectivity index (χ0v) is 17.0. The van der Waals surface area contributed by atoms with E-state index in [0.29, 0.717) is 17.2 Å². The van der Waals surface area contributed by atoms with Crippen molar-refractivity contribution in [1.29, 1.82) is 0 Å². The van der Waals surface area contributed by atoms with Gasteiger partial charge in [0.05, 0.1) is 43.6 Å². The zero-order chi connectivity index (χ0) is 20.2. The molecule has 3 aromatic rings. The van der Waals surface area contributed by atoms with Crippen LogP contribution in [0.2, 0.25) is 0 Å². The summed E-state index contributed by atoms with van der Waals surface area (Å²) in [4.78, 5) is 21.0. The molecule has 152 valence electrons. The Morgan fingerprint density at radius 1 is 1.24 bits per heavy atom. The minimum absolute atomic E-state index is 0.177. The first-order valence-electron chi connectivity index (χ1n) is 9.57. The zero-order valence-electron chi connectivity index (χ0n) is 16.2. The molecule has 1 aliphatic heterocycles. The Bertz CT molecular complexity index is 987. The summed E-state index contributed by atoms with van der Waals surface area (Å²) >= 11 is 1.47. The number of hydrogen-bond donors (Lipinski definition) is 1. The van der Waals surface area contributed by atoms with Gasteiger partial charge in [-0.2, -0.15) is 0 Å². The summed E-state index contributed by atoms with van der Waals surface area (Å²) in [7, 11) is 1.62. The molecule has 0 radical (unpaired) electrons. The molecule has 0 unspecified atom stereocenters. The summed E-state index contributed by atoms with van der Waals surface area (Å²) in [6.07, 6.45) is 0. The predicted octanol–water partition coefficient (Wildman–Crippen LogP) is 2.01. The smallest absolute Gasteiger partial charge is 0.260 e. The molecular formula is C21H23FN3O3S+. The maximum absolute atomic E-state index is 13.3. The van der Waals surface area contributed by atoms with Gasteiger partial charge in [0.15, 0.2) is 5.13 Å². The Morgan fingerprint density at radius 2 is 2.00 bits per heavy atom. The van der Waals surface area contributed by atoms with Crippen LogP contribution < -0.4 is 14.5 Å². The molecule has 0 aliphatic carbocycles. The summed E-state index contributed by atoms with van der Waals surface area (Å²) in [5, 5.41) is 0.634. The number of fused-ring (bicyclic) bond motifs is 1. The summed E-state index contributed by atoms with van der Waals surface area (Å²) < 4.78 is 25.0. The van der Waals surface area contributed by atoms with Gasteiger partial charge >= 0.3 is 0 Å². The molecule has 0 spiro atoms. The molecule has 0 saturated carbocycles. The number of methoxy groups -OCH3 is 1. The van der Waals surface area contributed by atoms with Crippen molar-refractivity contribution in [1.82, 2.24) is 4.98 Å². The molecule has 2 aromatic carbocycles. The number of quaternary nitrogens is 1. The van der Waals surface area contributed by atoms with Crippen LogP contribution in [0.3, 0.4) is 0 Å². The first-order valence-corrected chi connectivity index (χ1v) is 10.4. The van der Waals surface area contributed by atoms with Gasteiger partial charge in [0.2, 0.25) is 0 Å². The summed E-state index contributed by atoms with van der Waals surface area (Å²) in [5.41, 5.74) is 1.24. The number of hydrogen-bond acceptors (Lipinski definition) is 5. The van der Waals surface area contributed by atoms with Crippen molar-refractivity contribution in [2.75, 3.05) is 51.4 Å². The second-order valence-corrected chi connectivity index (χ2v) is 7.92. The van der Waals surface area contributed by atoms with E-state index >= 15 is 0 Å². The van der Waals surface area contributed by atoms with Crippen molar-refractivity contribution in [3.63, 3.8) is 0 Å². The summed E-state index contributed by atoms with van der Waals surface area (Å²) in [5.74, 6) is 0.185. The number of amides is 1. The summed E-state index contributed by atoms with van der Waals surface area (Å²) in [6, 6.07) is 11.3. The second kappa shape index (κ2) is 8.86. The van der Waals surface area contributed by atoms with Gasteiger partial charge in [-0.05, 0) is 36.4 Å². The molecule has 1 amide bonds. The molecule has 1 fully saturated rings. The molecule has 2 heterocycles. The SMILES string of the molecule is COc1ccc2sc(N(CC[NH+]3CCOCC3)C(=O)c3ccc(F)cc3)nc2c1. The van der Waals surface area contributed by atoms with Gasteiger partial charge in [0, 0.05) is 11.6 Å². The van der Waals surface area contributed by atoms with Crippen LogP contribution in [0.25, 0.3) is 10.2 Å². The number of halogens is 1. The van der Waals surface area contributed by atoms with Gasteiger partial charge in [-0.3, -0.25) is 9.69 Å². The number of nitrogens with one attached hydrogen (secondary N) is 1. The highest BCUT2D eigenvalue weighted by Crippen LogP contribution is 2.31. The Balaban J connectivity index is 1.63. The molecule has 1 aliphatic rings. The van der Waals surface area contributed by atoms with Crippen LogP contribution in [0.4, 0.5) is 9.52 Å². The van der Waals surface area contributed by atoms with Crippen LogP contribution in [-0.2, 0) is 4.74 Å². The second-order valence-electron chi connectivity index (χ2n) is 6.91. The molecule has 0 atom stereocenters. The van der Waals surface area contributed by atoms with E-state index in [1.165, 1.54) is 40.5 Å². The van der Waals surface area contributed by atoms with Gasteiger partial charge in [0.25, 0.3) is 5.91 Å². The lowest BCUT2D eigenvalue weighted by atomic mass is 10.2. The standard InChI is InChI=1S/C21H22FN3O3S/c1-27-17-6-7-19-18(14-17)23-21(29-19)25(9-8-24-10-12-28-13-11-24)20(26)15-2-4-16(22)5-3-15/h2-7,14H,8-13H2,1H3/p+1. The Morgan fingerprint density at radius 3 is 2.72 bits per heavy atom. The van der Waals surface area contributed by atoms with Crippen LogP contribution in [0.1, 0.15) is 10.4 Å². The van der Waals surface area contributed by atoms with Gasteiger partial charge in [-0.25, -0.2) is 9.37 Å². The monoisotopic (exact) mass is 416 g/mol. The van der Waals surface area contributed by atoms with E-state index < -0.39 is 0 Å². The number of nitrogens with zero attached hydrogens (tertiary/aromatic N) is 2. The van der Waals surface area contributed by atoms with E-state index in [-0.39, 0.29) is 11.7 Å². The molecule has 29 heavy (non-hydrogen) atoms. The van der Waals surface area contributed by atoms with Gasteiger partial charge in [-0.1, -0.05) is 11.3 Å². The lowest BCUT2D eigenvalue weighted by molar-refractivity contribution is -0.906. The van der Waals surface area contributed by atoms with Crippen molar-refractivity contribution in [3.8, 4) is 5.75 Å². The highest BCUT2D eigenvalue weighted by Gasteiger charge is 2.24. The fourth-order valence-corrected chi connectivity index (χ4v) is 4.32. The van der Waals surface area contributed by atoms with Crippen molar-refractivity contribution in [3.05, 3.63) is 53.8 Å². The van der Waals surface area contributed by atoms with E-state index in [4.69, 9.17) is 9.47 Å². The maximum atomic E-state index is 13.3. The first kappa shape index (κ1) is 19.8. The van der Waals surface area contributed by atoms with Crippen molar-refractivity contribution >= 4 is 32.6 Å². The molecule has 1 saturated heterocycles.